The number of rotatable bonds is 4. The summed E-state index contributed by atoms with van der Waals surface area (Å²) in [7, 11) is -2.09. The Morgan fingerprint density at radius 1 is 1.07 bits per heavy atom. The SMILES string of the molecule is CNC(=O)NC(=O)[C@@H](C)N1CCN(S(=O)(=O)c2ccc3c(c2)CCC3)CC1. The van der Waals surface area contributed by atoms with Crippen LogP contribution in [0.25, 0.3) is 0 Å². The number of amides is 3. The Morgan fingerprint density at radius 2 is 1.74 bits per heavy atom. The number of nitrogens with one attached hydrogen (secondary N) is 2. The Bertz CT molecular complexity index is 832. The number of hydrogen-bond donors (Lipinski definition) is 2. The molecule has 0 unspecified atom stereocenters. The van der Waals surface area contributed by atoms with Crippen molar-refractivity contribution < 1.29 is 18.0 Å². The lowest BCUT2D eigenvalue weighted by Gasteiger charge is -2.36. The van der Waals surface area contributed by atoms with Crippen molar-refractivity contribution in [1.29, 1.82) is 0 Å². The molecule has 3 amide bonds. The molecular weight excluding hydrogens is 368 g/mol. The van der Waals surface area contributed by atoms with Crippen LogP contribution < -0.4 is 10.6 Å². The van der Waals surface area contributed by atoms with E-state index in [1.807, 2.05) is 17.0 Å². The standard InChI is InChI=1S/C18H26N4O4S/c1-13(17(23)20-18(24)19-2)21-8-10-22(11-9-21)27(25,26)16-7-6-14-4-3-5-15(14)12-16/h6-7,12-13H,3-5,8-11H2,1-2H3,(H2,19,20,23,24)/t13-/m1/s1. The first-order valence-electron chi connectivity index (χ1n) is 9.21. The number of hydrogen-bond acceptors (Lipinski definition) is 5. The smallest absolute Gasteiger partial charge is 0.321 e. The van der Waals surface area contributed by atoms with E-state index in [4.69, 9.17) is 0 Å². The largest absolute Gasteiger partial charge is 0.341 e. The number of carbonyl (C=O) groups excluding carboxylic acids is 2. The van der Waals surface area contributed by atoms with Gasteiger partial charge in [-0.2, -0.15) is 4.31 Å². The quantitative estimate of drug-likeness (QED) is 0.767. The van der Waals surface area contributed by atoms with Crippen molar-refractivity contribution in [3.05, 3.63) is 29.3 Å². The number of aryl methyl sites for hydroxylation is 2. The normalized spacial score (nSPS) is 19.3. The molecule has 148 valence electrons. The van der Waals surface area contributed by atoms with Gasteiger partial charge in [0.1, 0.15) is 0 Å². The van der Waals surface area contributed by atoms with Crippen molar-refractivity contribution >= 4 is 22.0 Å². The molecule has 1 aromatic carbocycles. The van der Waals surface area contributed by atoms with Gasteiger partial charge in [-0.05, 0) is 49.4 Å². The summed E-state index contributed by atoms with van der Waals surface area (Å²) in [5.41, 5.74) is 2.38. The molecule has 1 atom stereocenters. The highest BCUT2D eigenvalue weighted by atomic mass is 32.2. The van der Waals surface area contributed by atoms with Gasteiger partial charge >= 0.3 is 6.03 Å². The van der Waals surface area contributed by atoms with Crippen LogP contribution in [0.4, 0.5) is 4.79 Å². The molecule has 9 heteroatoms. The van der Waals surface area contributed by atoms with Crippen molar-refractivity contribution in [3.8, 4) is 0 Å². The monoisotopic (exact) mass is 394 g/mol. The fraction of sp³-hybridized carbons (Fsp3) is 0.556. The maximum Gasteiger partial charge on any atom is 0.321 e. The average Bonchev–Trinajstić information content (AvgIpc) is 3.15. The van der Waals surface area contributed by atoms with Crippen molar-refractivity contribution in [2.45, 2.75) is 37.1 Å². The van der Waals surface area contributed by atoms with E-state index in [9.17, 15) is 18.0 Å². The van der Waals surface area contributed by atoms with E-state index in [1.54, 1.807) is 13.0 Å². The number of carbonyl (C=O) groups is 2. The van der Waals surface area contributed by atoms with Crippen molar-refractivity contribution in [3.63, 3.8) is 0 Å². The first-order valence-corrected chi connectivity index (χ1v) is 10.7. The molecule has 0 saturated carbocycles. The summed E-state index contributed by atoms with van der Waals surface area (Å²) in [6, 6.07) is 4.38. The van der Waals surface area contributed by atoms with E-state index in [0.717, 1.165) is 24.8 Å². The highest BCUT2D eigenvalue weighted by Gasteiger charge is 2.32. The van der Waals surface area contributed by atoms with Crippen LogP contribution in [0.2, 0.25) is 0 Å². The van der Waals surface area contributed by atoms with Crippen LogP contribution in [-0.4, -0.2) is 68.8 Å². The van der Waals surface area contributed by atoms with E-state index in [0.29, 0.717) is 31.1 Å². The molecule has 1 saturated heterocycles. The second-order valence-corrected chi connectivity index (χ2v) is 8.91. The Balaban J connectivity index is 1.63. The molecule has 1 fully saturated rings. The molecule has 2 N–H and O–H groups in total. The fourth-order valence-electron chi connectivity index (χ4n) is 3.63. The summed E-state index contributed by atoms with van der Waals surface area (Å²) in [6.45, 7) is 3.22. The average molecular weight is 394 g/mol. The van der Waals surface area contributed by atoms with Gasteiger partial charge in [-0.25, -0.2) is 13.2 Å². The van der Waals surface area contributed by atoms with Crippen molar-refractivity contribution in [2.24, 2.45) is 0 Å². The van der Waals surface area contributed by atoms with Gasteiger partial charge in [-0.15, -0.1) is 0 Å². The van der Waals surface area contributed by atoms with Crippen LogP contribution in [0.3, 0.4) is 0 Å². The number of imide groups is 1. The second-order valence-electron chi connectivity index (χ2n) is 6.97. The molecule has 1 aliphatic carbocycles. The zero-order chi connectivity index (χ0) is 19.6. The Hall–Kier alpha value is -1.97. The molecule has 0 bridgehead atoms. The predicted molar refractivity (Wildman–Crippen MR) is 101 cm³/mol. The number of fused-ring (bicyclic) bond motifs is 1. The molecule has 1 aromatic rings. The second kappa shape index (κ2) is 7.95. The third-order valence-corrected chi connectivity index (χ3v) is 7.27. The fourth-order valence-corrected chi connectivity index (χ4v) is 5.11. The molecule has 0 aromatic heterocycles. The van der Waals surface area contributed by atoms with Gasteiger partial charge in [0.25, 0.3) is 0 Å². The molecule has 27 heavy (non-hydrogen) atoms. The van der Waals surface area contributed by atoms with E-state index in [1.165, 1.54) is 16.9 Å². The van der Waals surface area contributed by atoms with Crippen LogP contribution in [0.15, 0.2) is 23.1 Å². The molecule has 1 heterocycles. The lowest BCUT2D eigenvalue weighted by Crippen LogP contribution is -2.56. The Kier molecular flexibility index (Phi) is 5.83. The van der Waals surface area contributed by atoms with E-state index >= 15 is 0 Å². The van der Waals surface area contributed by atoms with Crippen LogP contribution in [0.5, 0.6) is 0 Å². The van der Waals surface area contributed by atoms with E-state index < -0.39 is 28.0 Å². The minimum atomic E-state index is -3.53. The summed E-state index contributed by atoms with van der Waals surface area (Å²) >= 11 is 0. The number of benzene rings is 1. The van der Waals surface area contributed by atoms with Crippen LogP contribution in [-0.2, 0) is 27.7 Å². The molecule has 1 aliphatic heterocycles. The summed E-state index contributed by atoms with van der Waals surface area (Å²) in [4.78, 5) is 25.6. The number of urea groups is 1. The minimum Gasteiger partial charge on any atom is -0.341 e. The first kappa shape index (κ1) is 19.8. The van der Waals surface area contributed by atoms with Gasteiger partial charge in [0.2, 0.25) is 15.9 Å². The summed E-state index contributed by atoms with van der Waals surface area (Å²) in [6.07, 6.45) is 3.03. The zero-order valence-corrected chi connectivity index (χ0v) is 16.5. The van der Waals surface area contributed by atoms with Crippen molar-refractivity contribution in [1.82, 2.24) is 19.8 Å². The molecule has 3 rings (SSSR count). The van der Waals surface area contributed by atoms with Crippen LogP contribution in [0, 0.1) is 0 Å². The highest BCUT2D eigenvalue weighted by Crippen LogP contribution is 2.26. The first-order chi connectivity index (χ1) is 12.8. The van der Waals surface area contributed by atoms with Crippen LogP contribution >= 0.6 is 0 Å². The van der Waals surface area contributed by atoms with Crippen LogP contribution in [0.1, 0.15) is 24.5 Å². The van der Waals surface area contributed by atoms with Gasteiger partial charge in [0.15, 0.2) is 0 Å². The van der Waals surface area contributed by atoms with Gasteiger partial charge in [0, 0.05) is 33.2 Å². The maximum absolute atomic E-state index is 13.0. The zero-order valence-electron chi connectivity index (χ0n) is 15.7. The Morgan fingerprint density at radius 3 is 2.41 bits per heavy atom. The van der Waals surface area contributed by atoms with Gasteiger partial charge in [0.05, 0.1) is 10.9 Å². The molecule has 2 aliphatic rings. The lowest BCUT2D eigenvalue weighted by atomic mass is 10.1. The van der Waals surface area contributed by atoms with Crippen molar-refractivity contribution in [2.75, 3.05) is 33.2 Å². The Labute approximate surface area is 160 Å². The van der Waals surface area contributed by atoms with Gasteiger partial charge in [-0.3, -0.25) is 15.0 Å². The number of piperazine rings is 1. The number of sulfonamides is 1. The van der Waals surface area contributed by atoms with Gasteiger partial charge < -0.3 is 5.32 Å². The highest BCUT2D eigenvalue weighted by molar-refractivity contribution is 7.89. The van der Waals surface area contributed by atoms with E-state index in [-0.39, 0.29) is 0 Å². The summed E-state index contributed by atoms with van der Waals surface area (Å²) < 4.78 is 27.4. The summed E-state index contributed by atoms with van der Waals surface area (Å²) in [5, 5.41) is 4.59. The summed E-state index contributed by atoms with van der Waals surface area (Å²) in [5.74, 6) is -0.399. The third-order valence-electron chi connectivity index (χ3n) is 5.37. The molecule has 0 spiro atoms. The number of nitrogens with zero attached hydrogens (tertiary/aromatic N) is 2. The topological polar surface area (TPSA) is 98.8 Å². The molecule has 0 radical (unpaired) electrons. The minimum absolute atomic E-state index is 0.316. The lowest BCUT2D eigenvalue weighted by molar-refractivity contribution is -0.125. The van der Waals surface area contributed by atoms with Gasteiger partial charge in [-0.1, -0.05) is 6.07 Å². The molecular formula is C18H26N4O4S. The third kappa shape index (κ3) is 4.15. The predicted octanol–water partition coefficient (Wildman–Crippen LogP) is 0.326. The maximum atomic E-state index is 13.0. The van der Waals surface area contributed by atoms with E-state index in [2.05, 4.69) is 10.6 Å². The molecule has 8 nitrogen and oxygen atoms in total.